The van der Waals surface area contributed by atoms with Gasteiger partial charge in [0.25, 0.3) is 0 Å². The average Bonchev–Trinajstić information content (AvgIpc) is 2.71. The summed E-state index contributed by atoms with van der Waals surface area (Å²) in [6.07, 6.45) is -0.107. The highest BCUT2D eigenvalue weighted by atomic mass is 79.9. The predicted molar refractivity (Wildman–Crippen MR) is 82.3 cm³/mol. The molecule has 0 aliphatic carbocycles. The second-order valence-electron chi connectivity index (χ2n) is 4.36. The van der Waals surface area contributed by atoms with Gasteiger partial charge >= 0.3 is 0 Å². The molecule has 1 amide bonds. The molecule has 0 radical (unpaired) electrons. The lowest BCUT2D eigenvalue weighted by Gasteiger charge is -2.19. The van der Waals surface area contributed by atoms with Crippen LogP contribution in [0.4, 0.5) is 5.69 Å². The summed E-state index contributed by atoms with van der Waals surface area (Å²) >= 11 is 6.69. The first-order valence-electron chi connectivity index (χ1n) is 5.59. The predicted octanol–water partition coefficient (Wildman–Crippen LogP) is 1.61. The largest absolute Gasteiger partial charge is 0.495 e. The molecule has 1 fully saturated rings. The van der Waals surface area contributed by atoms with Crippen LogP contribution in [0.3, 0.4) is 0 Å². The van der Waals surface area contributed by atoms with Gasteiger partial charge in [-0.15, -0.1) is 0 Å². The second-order valence-corrected chi connectivity index (χ2v) is 7.91. The normalized spacial score (nSPS) is 19.5. The molecule has 1 saturated heterocycles. The molecule has 0 saturated carbocycles. The number of anilines is 1. The summed E-state index contributed by atoms with van der Waals surface area (Å²) in [5.41, 5.74) is 0.557. The van der Waals surface area contributed by atoms with Crippen molar-refractivity contribution in [2.24, 2.45) is 5.14 Å². The SMILES string of the molecule is COc1cc(N2CC(S(N)(=O)=O)CC2=O)c(Br)cc1Br. The number of carbonyl (C=O) groups is 1. The van der Waals surface area contributed by atoms with E-state index in [2.05, 4.69) is 31.9 Å². The van der Waals surface area contributed by atoms with E-state index in [0.717, 1.165) is 4.47 Å². The van der Waals surface area contributed by atoms with Gasteiger partial charge in [0, 0.05) is 23.5 Å². The highest BCUT2D eigenvalue weighted by Crippen LogP contribution is 2.38. The first kappa shape index (κ1) is 15.7. The van der Waals surface area contributed by atoms with Crippen LogP contribution < -0.4 is 14.8 Å². The van der Waals surface area contributed by atoms with E-state index < -0.39 is 15.3 Å². The van der Waals surface area contributed by atoms with Gasteiger partial charge in [0.2, 0.25) is 15.9 Å². The molecule has 9 heteroatoms. The highest BCUT2D eigenvalue weighted by molar-refractivity contribution is 9.11. The van der Waals surface area contributed by atoms with Crippen molar-refractivity contribution in [2.75, 3.05) is 18.6 Å². The average molecular weight is 428 g/mol. The van der Waals surface area contributed by atoms with E-state index in [1.165, 1.54) is 12.0 Å². The molecule has 20 heavy (non-hydrogen) atoms. The molecule has 0 bridgehead atoms. The summed E-state index contributed by atoms with van der Waals surface area (Å²) in [5, 5.41) is 4.23. The van der Waals surface area contributed by atoms with E-state index in [0.29, 0.717) is 15.9 Å². The minimum Gasteiger partial charge on any atom is -0.495 e. The second kappa shape index (κ2) is 5.63. The van der Waals surface area contributed by atoms with E-state index in [-0.39, 0.29) is 18.9 Å². The first-order chi connectivity index (χ1) is 9.24. The van der Waals surface area contributed by atoms with Crippen molar-refractivity contribution in [2.45, 2.75) is 11.7 Å². The molecule has 0 spiro atoms. The van der Waals surface area contributed by atoms with Gasteiger partial charge in [-0.1, -0.05) is 0 Å². The van der Waals surface area contributed by atoms with Crippen LogP contribution in [-0.4, -0.2) is 33.2 Å². The fraction of sp³-hybridized carbons (Fsp3) is 0.364. The van der Waals surface area contributed by atoms with Crippen LogP contribution in [0.25, 0.3) is 0 Å². The Hall–Kier alpha value is -0.640. The Kier molecular flexibility index (Phi) is 4.43. The van der Waals surface area contributed by atoms with E-state index in [1.54, 1.807) is 12.1 Å². The molecule has 1 aliphatic heterocycles. The maximum Gasteiger partial charge on any atom is 0.228 e. The molecule has 1 aromatic rings. The Bertz CT molecular complexity index is 663. The fourth-order valence-corrected chi connectivity index (χ4v) is 4.11. The number of carbonyl (C=O) groups excluding carboxylic acids is 1. The number of sulfonamides is 1. The molecule has 1 heterocycles. The lowest BCUT2D eigenvalue weighted by molar-refractivity contribution is -0.117. The molecular formula is C11H12Br2N2O4S. The summed E-state index contributed by atoms with van der Waals surface area (Å²) < 4.78 is 29.3. The highest BCUT2D eigenvalue weighted by Gasteiger charge is 2.38. The number of ether oxygens (including phenoxy) is 1. The number of primary sulfonamides is 1. The van der Waals surface area contributed by atoms with Crippen molar-refractivity contribution in [1.82, 2.24) is 0 Å². The maximum atomic E-state index is 12.0. The Labute approximate surface area is 133 Å². The smallest absolute Gasteiger partial charge is 0.228 e. The lowest BCUT2D eigenvalue weighted by Crippen LogP contribution is -2.32. The van der Waals surface area contributed by atoms with E-state index >= 15 is 0 Å². The Morgan fingerprint density at radius 3 is 2.50 bits per heavy atom. The van der Waals surface area contributed by atoms with Gasteiger partial charge in [0.1, 0.15) is 11.0 Å². The van der Waals surface area contributed by atoms with Crippen LogP contribution in [0.5, 0.6) is 5.75 Å². The van der Waals surface area contributed by atoms with Crippen LogP contribution in [0.15, 0.2) is 21.1 Å². The summed E-state index contributed by atoms with van der Waals surface area (Å²) in [5.74, 6) is 0.268. The van der Waals surface area contributed by atoms with Gasteiger partial charge in [-0.2, -0.15) is 0 Å². The van der Waals surface area contributed by atoms with Gasteiger partial charge in [-0.3, -0.25) is 4.79 Å². The van der Waals surface area contributed by atoms with Crippen molar-refractivity contribution < 1.29 is 17.9 Å². The van der Waals surface area contributed by atoms with Crippen LogP contribution >= 0.6 is 31.9 Å². The number of nitrogens with two attached hydrogens (primary N) is 1. The van der Waals surface area contributed by atoms with Gasteiger partial charge in [0.05, 0.1) is 17.3 Å². The van der Waals surface area contributed by atoms with Crippen LogP contribution in [-0.2, 0) is 14.8 Å². The number of nitrogens with zero attached hydrogens (tertiary/aromatic N) is 1. The van der Waals surface area contributed by atoms with Crippen molar-refractivity contribution in [3.63, 3.8) is 0 Å². The number of hydrogen-bond donors (Lipinski definition) is 1. The standard InChI is InChI=1S/C11H12Br2N2O4S/c1-19-10-4-9(7(12)3-8(10)13)15-5-6(2-11(15)16)20(14,17)18/h3-4,6H,2,5H2,1H3,(H2,14,17,18). The van der Waals surface area contributed by atoms with Gasteiger partial charge in [0.15, 0.2) is 0 Å². The van der Waals surface area contributed by atoms with Crippen LogP contribution in [0.1, 0.15) is 6.42 Å². The third kappa shape index (κ3) is 3.00. The number of amides is 1. The van der Waals surface area contributed by atoms with Crippen molar-refractivity contribution in [3.8, 4) is 5.75 Å². The summed E-state index contributed by atoms with van der Waals surface area (Å²) in [6, 6.07) is 3.41. The number of methoxy groups -OCH3 is 1. The minimum atomic E-state index is -3.73. The van der Waals surface area contributed by atoms with Crippen LogP contribution in [0, 0.1) is 0 Å². The van der Waals surface area contributed by atoms with E-state index in [1.807, 2.05) is 0 Å². The number of benzene rings is 1. The monoisotopic (exact) mass is 426 g/mol. The van der Waals surface area contributed by atoms with Crippen molar-refractivity contribution in [3.05, 3.63) is 21.1 Å². The molecule has 6 nitrogen and oxygen atoms in total. The molecule has 2 rings (SSSR count). The summed E-state index contributed by atoms with van der Waals surface area (Å²) in [6.45, 7) is 0.0427. The number of rotatable bonds is 3. The Morgan fingerprint density at radius 2 is 2.00 bits per heavy atom. The van der Waals surface area contributed by atoms with Crippen molar-refractivity contribution >= 4 is 53.5 Å². The zero-order valence-electron chi connectivity index (χ0n) is 10.5. The zero-order valence-corrected chi connectivity index (χ0v) is 14.5. The van der Waals surface area contributed by atoms with Crippen LogP contribution in [0.2, 0.25) is 0 Å². The molecule has 1 unspecified atom stereocenters. The molecule has 1 atom stereocenters. The first-order valence-corrected chi connectivity index (χ1v) is 8.78. The molecule has 0 aromatic heterocycles. The molecule has 1 aromatic carbocycles. The zero-order chi connectivity index (χ0) is 15.1. The van der Waals surface area contributed by atoms with Gasteiger partial charge in [-0.05, 0) is 37.9 Å². The topological polar surface area (TPSA) is 89.7 Å². The molecule has 2 N–H and O–H groups in total. The van der Waals surface area contributed by atoms with Gasteiger partial charge in [-0.25, -0.2) is 13.6 Å². The lowest BCUT2D eigenvalue weighted by atomic mass is 10.3. The van der Waals surface area contributed by atoms with E-state index in [4.69, 9.17) is 9.88 Å². The summed E-state index contributed by atoms with van der Waals surface area (Å²) in [7, 11) is -2.22. The quantitative estimate of drug-likeness (QED) is 0.793. The third-order valence-corrected chi connectivity index (χ3v) is 5.57. The van der Waals surface area contributed by atoms with Gasteiger partial charge < -0.3 is 9.64 Å². The number of halogens is 2. The minimum absolute atomic E-state index is 0.0427. The maximum absolute atomic E-state index is 12.0. The van der Waals surface area contributed by atoms with E-state index in [9.17, 15) is 13.2 Å². The van der Waals surface area contributed by atoms with Crippen molar-refractivity contribution in [1.29, 1.82) is 0 Å². The number of hydrogen-bond acceptors (Lipinski definition) is 4. The molecule has 1 aliphatic rings. The summed E-state index contributed by atoms with van der Waals surface area (Å²) in [4.78, 5) is 13.4. The molecule has 110 valence electrons. The third-order valence-electron chi connectivity index (χ3n) is 3.07. The Morgan fingerprint density at radius 1 is 1.35 bits per heavy atom. The Balaban J connectivity index is 2.40. The molecular weight excluding hydrogens is 416 g/mol. The fourth-order valence-electron chi connectivity index (χ4n) is 2.01.